The van der Waals surface area contributed by atoms with Gasteiger partial charge in [0, 0.05) is 7.05 Å². The lowest BCUT2D eigenvalue weighted by molar-refractivity contribution is 0.594. The Kier molecular flexibility index (Phi) is 3.34. The molecule has 0 amide bonds. The molecule has 18 heavy (non-hydrogen) atoms. The zero-order valence-electron chi connectivity index (χ0n) is 9.75. The van der Waals surface area contributed by atoms with Crippen LogP contribution in [0, 0.1) is 5.82 Å². The number of hydrogen-bond acceptors (Lipinski definition) is 2. The van der Waals surface area contributed by atoms with Gasteiger partial charge in [0.1, 0.15) is 5.82 Å². The Labute approximate surface area is 106 Å². The summed E-state index contributed by atoms with van der Waals surface area (Å²) in [5, 5.41) is 0. The maximum Gasteiger partial charge on any atom is 0.264 e. The van der Waals surface area contributed by atoms with E-state index in [9.17, 15) is 12.8 Å². The first-order valence-corrected chi connectivity index (χ1v) is 6.75. The summed E-state index contributed by atoms with van der Waals surface area (Å²) in [7, 11) is -2.15. The molecule has 0 atom stereocenters. The van der Waals surface area contributed by atoms with Crippen LogP contribution in [0.3, 0.4) is 0 Å². The summed E-state index contributed by atoms with van der Waals surface area (Å²) in [5.74, 6) is -0.399. The highest BCUT2D eigenvalue weighted by Crippen LogP contribution is 2.21. The highest BCUT2D eigenvalue weighted by molar-refractivity contribution is 7.92. The average molecular weight is 265 g/mol. The highest BCUT2D eigenvalue weighted by Gasteiger charge is 2.20. The van der Waals surface area contributed by atoms with Crippen LogP contribution < -0.4 is 4.31 Å². The fourth-order valence-corrected chi connectivity index (χ4v) is 2.76. The predicted molar refractivity (Wildman–Crippen MR) is 68.4 cm³/mol. The first-order valence-electron chi connectivity index (χ1n) is 5.31. The van der Waals surface area contributed by atoms with Gasteiger partial charge in [0.2, 0.25) is 0 Å². The lowest BCUT2D eigenvalue weighted by Crippen LogP contribution is -2.26. The summed E-state index contributed by atoms with van der Waals surface area (Å²) in [6, 6.07) is 13.4. The van der Waals surface area contributed by atoms with Crippen LogP contribution >= 0.6 is 0 Å². The van der Waals surface area contributed by atoms with E-state index in [-0.39, 0.29) is 4.90 Å². The normalized spacial score (nSPS) is 11.2. The summed E-state index contributed by atoms with van der Waals surface area (Å²) in [5.41, 5.74) is 0.417. The minimum absolute atomic E-state index is 0.205. The molecule has 0 aliphatic rings. The molecule has 0 saturated heterocycles. The summed E-state index contributed by atoms with van der Waals surface area (Å²) in [6.07, 6.45) is 0. The molecule has 2 rings (SSSR count). The minimum Gasteiger partial charge on any atom is -0.269 e. The van der Waals surface area contributed by atoms with Gasteiger partial charge in [-0.15, -0.1) is 0 Å². The number of rotatable bonds is 3. The number of hydrogen-bond donors (Lipinski definition) is 0. The van der Waals surface area contributed by atoms with Crippen molar-refractivity contribution in [2.24, 2.45) is 0 Å². The van der Waals surface area contributed by atoms with Gasteiger partial charge in [0.25, 0.3) is 10.0 Å². The maximum absolute atomic E-state index is 12.8. The number of sulfonamides is 1. The fourth-order valence-electron chi connectivity index (χ4n) is 1.54. The van der Waals surface area contributed by atoms with E-state index in [1.54, 1.807) is 18.2 Å². The zero-order valence-corrected chi connectivity index (χ0v) is 10.6. The quantitative estimate of drug-likeness (QED) is 0.855. The highest BCUT2D eigenvalue weighted by atomic mass is 32.2. The van der Waals surface area contributed by atoms with E-state index in [0.717, 1.165) is 4.31 Å². The van der Waals surface area contributed by atoms with E-state index >= 15 is 0 Å². The lowest BCUT2D eigenvalue weighted by atomic mass is 10.3. The molecule has 0 fully saturated rings. The fraction of sp³-hybridized carbons (Fsp3) is 0.0769. The Morgan fingerprint density at radius 1 is 0.944 bits per heavy atom. The molecule has 0 bridgehead atoms. The smallest absolute Gasteiger partial charge is 0.264 e. The number of halogens is 1. The van der Waals surface area contributed by atoms with Crippen molar-refractivity contribution < 1.29 is 12.8 Å². The summed E-state index contributed by atoms with van der Waals surface area (Å²) >= 11 is 0. The lowest BCUT2D eigenvalue weighted by Gasteiger charge is -2.19. The van der Waals surface area contributed by atoms with Crippen LogP contribution in [0.5, 0.6) is 0 Å². The Morgan fingerprint density at radius 3 is 2.06 bits per heavy atom. The Morgan fingerprint density at radius 2 is 1.50 bits per heavy atom. The van der Waals surface area contributed by atoms with Crippen LogP contribution in [-0.2, 0) is 10.0 Å². The monoisotopic (exact) mass is 265 g/mol. The number of nitrogens with zero attached hydrogens (tertiary/aromatic N) is 1. The van der Waals surface area contributed by atoms with E-state index in [2.05, 4.69) is 0 Å². The van der Waals surface area contributed by atoms with Gasteiger partial charge in [-0.25, -0.2) is 12.8 Å². The molecule has 3 nitrogen and oxygen atoms in total. The number of anilines is 1. The largest absolute Gasteiger partial charge is 0.269 e. The first kappa shape index (κ1) is 12.6. The second kappa shape index (κ2) is 4.78. The van der Waals surface area contributed by atoms with Gasteiger partial charge < -0.3 is 0 Å². The predicted octanol–water partition coefficient (Wildman–Crippen LogP) is 2.65. The Hall–Kier alpha value is -1.88. The van der Waals surface area contributed by atoms with Gasteiger partial charge in [-0.1, -0.05) is 18.2 Å². The molecule has 0 N–H and O–H groups in total. The third-order valence-corrected chi connectivity index (χ3v) is 4.39. The van der Waals surface area contributed by atoms with Gasteiger partial charge in [-0.2, -0.15) is 0 Å². The van der Waals surface area contributed by atoms with E-state index in [4.69, 9.17) is 0 Å². The van der Waals surface area contributed by atoms with Crippen molar-refractivity contribution in [2.45, 2.75) is 4.90 Å². The van der Waals surface area contributed by atoms with Crippen molar-refractivity contribution >= 4 is 15.7 Å². The summed E-state index contributed by atoms with van der Waals surface area (Å²) in [6.45, 7) is 0. The van der Waals surface area contributed by atoms with Crippen molar-refractivity contribution in [2.75, 3.05) is 11.4 Å². The molecule has 2 aromatic rings. The second-order valence-electron chi connectivity index (χ2n) is 3.76. The molecule has 94 valence electrons. The van der Waals surface area contributed by atoms with Crippen molar-refractivity contribution in [3.8, 4) is 0 Å². The van der Waals surface area contributed by atoms with Crippen LogP contribution in [0.1, 0.15) is 0 Å². The summed E-state index contributed by atoms with van der Waals surface area (Å²) in [4.78, 5) is 0.205. The molecular formula is C13H12FNO2S. The van der Waals surface area contributed by atoms with Crippen LogP contribution in [0.25, 0.3) is 0 Å². The molecule has 0 saturated carbocycles. The van der Waals surface area contributed by atoms with Crippen molar-refractivity contribution in [3.05, 3.63) is 60.4 Å². The van der Waals surface area contributed by atoms with Crippen LogP contribution in [0.2, 0.25) is 0 Å². The molecule has 0 aromatic heterocycles. The Bertz CT molecular complexity index is 624. The summed E-state index contributed by atoms with van der Waals surface area (Å²) < 4.78 is 38.4. The van der Waals surface area contributed by atoms with Crippen molar-refractivity contribution in [1.29, 1.82) is 0 Å². The standard InChI is InChI=1S/C13H12FNO2S/c1-15(12-9-7-11(14)8-10-12)18(16,17)13-5-3-2-4-6-13/h2-10H,1H3. The van der Waals surface area contributed by atoms with E-state index in [0.29, 0.717) is 5.69 Å². The minimum atomic E-state index is -3.59. The van der Waals surface area contributed by atoms with E-state index in [1.165, 1.54) is 43.4 Å². The third-order valence-electron chi connectivity index (χ3n) is 2.59. The van der Waals surface area contributed by atoms with E-state index < -0.39 is 15.8 Å². The number of benzene rings is 2. The van der Waals surface area contributed by atoms with Gasteiger partial charge in [-0.3, -0.25) is 4.31 Å². The Balaban J connectivity index is 2.39. The molecule has 0 heterocycles. The zero-order chi connectivity index (χ0) is 13.2. The molecule has 0 aliphatic carbocycles. The molecule has 0 aliphatic heterocycles. The van der Waals surface area contributed by atoms with Crippen molar-refractivity contribution in [1.82, 2.24) is 0 Å². The van der Waals surface area contributed by atoms with E-state index in [1.807, 2.05) is 0 Å². The van der Waals surface area contributed by atoms with Gasteiger partial charge in [0.05, 0.1) is 10.6 Å². The first-order chi connectivity index (χ1) is 8.51. The SMILES string of the molecule is CN(c1ccc(F)cc1)S(=O)(=O)c1ccccc1. The van der Waals surface area contributed by atoms with Gasteiger partial charge in [0.15, 0.2) is 0 Å². The van der Waals surface area contributed by atoms with Crippen LogP contribution in [-0.4, -0.2) is 15.5 Å². The molecule has 2 aromatic carbocycles. The topological polar surface area (TPSA) is 37.4 Å². The van der Waals surface area contributed by atoms with Crippen molar-refractivity contribution in [3.63, 3.8) is 0 Å². The van der Waals surface area contributed by atoms with Crippen LogP contribution in [0.15, 0.2) is 59.5 Å². The van der Waals surface area contributed by atoms with Gasteiger partial charge in [-0.05, 0) is 36.4 Å². The van der Waals surface area contributed by atoms with Gasteiger partial charge >= 0.3 is 0 Å². The third kappa shape index (κ3) is 2.36. The average Bonchev–Trinajstić information content (AvgIpc) is 2.40. The molecule has 5 heteroatoms. The van der Waals surface area contributed by atoms with Crippen LogP contribution in [0.4, 0.5) is 10.1 Å². The molecule has 0 unspecified atom stereocenters. The molecule has 0 spiro atoms. The molecular weight excluding hydrogens is 253 g/mol. The molecule has 0 radical (unpaired) electrons. The maximum atomic E-state index is 12.8. The second-order valence-corrected chi connectivity index (χ2v) is 5.73.